The quantitative estimate of drug-likeness (QED) is 0.795. The van der Waals surface area contributed by atoms with E-state index in [0.29, 0.717) is 12.0 Å². The molecule has 0 spiro atoms. The number of rotatable bonds is 5. The summed E-state index contributed by atoms with van der Waals surface area (Å²) in [4.78, 5) is 0. The summed E-state index contributed by atoms with van der Waals surface area (Å²) < 4.78 is 0. The maximum absolute atomic E-state index is 3.55. The Kier molecular flexibility index (Phi) is 4.00. The van der Waals surface area contributed by atoms with Crippen LogP contribution >= 0.6 is 0 Å². The van der Waals surface area contributed by atoms with Crippen molar-refractivity contribution in [3.63, 3.8) is 0 Å². The van der Waals surface area contributed by atoms with E-state index in [1.807, 2.05) is 0 Å². The van der Waals surface area contributed by atoms with Crippen molar-refractivity contribution in [3.8, 4) is 0 Å². The van der Waals surface area contributed by atoms with Crippen molar-refractivity contribution in [1.29, 1.82) is 0 Å². The van der Waals surface area contributed by atoms with Crippen molar-refractivity contribution in [3.05, 3.63) is 35.9 Å². The second kappa shape index (κ2) is 5.49. The van der Waals surface area contributed by atoms with E-state index in [9.17, 15) is 0 Å². The Balaban J connectivity index is 2.13. The molecule has 0 aliphatic heterocycles. The molecule has 1 heteroatoms. The van der Waals surface area contributed by atoms with Gasteiger partial charge in [0, 0.05) is 6.04 Å². The van der Waals surface area contributed by atoms with Crippen LogP contribution in [0.5, 0.6) is 0 Å². The van der Waals surface area contributed by atoms with Gasteiger partial charge in [-0.15, -0.1) is 0 Å². The fourth-order valence-corrected chi connectivity index (χ4v) is 2.96. The largest absolute Gasteiger partial charge is 0.316 e. The van der Waals surface area contributed by atoms with E-state index in [4.69, 9.17) is 0 Å². The lowest BCUT2D eigenvalue weighted by molar-refractivity contribution is 0.208. The zero-order valence-electron chi connectivity index (χ0n) is 10.4. The lowest BCUT2D eigenvalue weighted by atomic mass is 9.72. The molecule has 0 bridgehead atoms. The van der Waals surface area contributed by atoms with Gasteiger partial charge in [0.15, 0.2) is 0 Å². The van der Waals surface area contributed by atoms with E-state index in [0.717, 1.165) is 5.92 Å². The summed E-state index contributed by atoms with van der Waals surface area (Å²) in [5, 5.41) is 3.55. The van der Waals surface area contributed by atoms with Gasteiger partial charge in [0.1, 0.15) is 0 Å². The van der Waals surface area contributed by atoms with Crippen molar-refractivity contribution in [2.45, 2.75) is 44.6 Å². The zero-order valence-corrected chi connectivity index (χ0v) is 10.4. The molecule has 0 heterocycles. The number of hydrogen-bond acceptors (Lipinski definition) is 1. The first kappa shape index (κ1) is 11.7. The summed E-state index contributed by atoms with van der Waals surface area (Å²) in [5.74, 6) is 1.58. The lowest BCUT2D eigenvalue weighted by Gasteiger charge is -2.38. The van der Waals surface area contributed by atoms with Gasteiger partial charge in [-0.2, -0.15) is 0 Å². The van der Waals surface area contributed by atoms with Gasteiger partial charge in [0.05, 0.1) is 0 Å². The molecule has 1 fully saturated rings. The van der Waals surface area contributed by atoms with Gasteiger partial charge in [-0.25, -0.2) is 0 Å². The number of hydrogen-bond donors (Lipinski definition) is 1. The van der Waals surface area contributed by atoms with E-state index in [-0.39, 0.29) is 0 Å². The fraction of sp³-hybridized carbons (Fsp3) is 0.600. The second-order valence-corrected chi connectivity index (χ2v) is 4.93. The van der Waals surface area contributed by atoms with E-state index >= 15 is 0 Å². The molecule has 1 aliphatic carbocycles. The summed E-state index contributed by atoms with van der Waals surface area (Å²) in [6.45, 7) is 2.31. The van der Waals surface area contributed by atoms with Crippen LogP contribution in [0.4, 0.5) is 0 Å². The third-order valence-electron chi connectivity index (χ3n) is 4.09. The minimum Gasteiger partial charge on any atom is -0.316 e. The van der Waals surface area contributed by atoms with Crippen molar-refractivity contribution < 1.29 is 0 Å². The molecule has 0 aromatic heterocycles. The highest BCUT2D eigenvalue weighted by atomic mass is 14.9. The third kappa shape index (κ3) is 2.30. The van der Waals surface area contributed by atoms with Crippen LogP contribution in [0, 0.1) is 5.92 Å². The maximum atomic E-state index is 3.55. The molecule has 0 saturated heterocycles. The Morgan fingerprint density at radius 3 is 2.38 bits per heavy atom. The van der Waals surface area contributed by atoms with Crippen LogP contribution < -0.4 is 5.32 Å². The zero-order chi connectivity index (χ0) is 11.4. The predicted molar refractivity (Wildman–Crippen MR) is 69.7 cm³/mol. The van der Waals surface area contributed by atoms with Crippen LogP contribution in [0.2, 0.25) is 0 Å². The molecule has 1 aromatic carbocycles. The lowest BCUT2D eigenvalue weighted by Crippen LogP contribution is -2.41. The van der Waals surface area contributed by atoms with Gasteiger partial charge in [-0.1, -0.05) is 43.7 Å². The molecule has 1 N–H and O–H groups in total. The topological polar surface area (TPSA) is 12.0 Å². The summed E-state index contributed by atoms with van der Waals surface area (Å²) >= 11 is 0. The normalized spacial score (nSPS) is 20.1. The molecule has 2 unspecified atom stereocenters. The van der Waals surface area contributed by atoms with Crippen LogP contribution in [0.3, 0.4) is 0 Å². The van der Waals surface area contributed by atoms with Gasteiger partial charge in [-0.3, -0.25) is 0 Å². The maximum Gasteiger partial charge on any atom is 0.0161 e. The van der Waals surface area contributed by atoms with Gasteiger partial charge < -0.3 is 5.32 Å². The van der Waals surface area contributed by atoms with Crippen molar-refractivity contribution >= 4 is 0 Å². The smallest absolute Gasteiger partial charge is 0.0161 e. The van der Waals surface area contributed by atoms with Crippen molar-refractivity contribution in [1.82, 2.24) is 5.32 Å². The molecular weight excluding hydrogens is 194 g/mol. The van der Waals surface area contributed by atoms with Gasteiger partial charge in [0.2, 0.25) is 0 Å². The van der Waals surface area contributed by atoms with Crippen LogP contribution in [-0.2, 0) is 0 Å². The molecule has 1 nitrogen and oxygen atoms in total. The van der Waals surface area contributed by atoms with Crippen LogP contribution in [0.1, 0.15) is 44.1 Å². The van der Waals surface area contributed by atoms with E-state index < -0.39 is 0 Å². The molecule has 2 atom stereocenters. The van der Waals surface area contributed by atoms with Crippen LogP contribution in [-0.4, -0.2) is 13.1 Å². The highest BCUT2D eigenvalue weighted by molar-refractivity contribution is 5.21. The molecule has 0 amide bonds. The predicted octanol–water partition coefficient (Wildman–Crippen LogP) is 3.57. The van der Waals surface area contributed by atoms with Gasteiger partial charge >= 0.3 is 0 Å². The first-order valence-electron chi connectivity index (χ1n) is 6.59. The van der Waals surface area contributed by atoms with E-state index in [1.165, 1.54) is 31.2 Å². The molecule has 16 heavy (non-hydrogen) atoms. The SMILES string of the molecule is CCC(c1ccccc1)C(NC)C1CCC1. The minimum absolute atomic E-state index is 0.668. The standard InChI is InChI=1S/C15H23N/c1-3-14(12-8-5-4-6-9-12)15(16-2)13-10-7-11-13/h4-6,8-9,13-16H,3,7,10-11H2,1-2H3. The molecule has 1 saturated carbocycles. The average molecular weight is 217 g/mol. The fourth-order valence-electron chi connectivity index (χ4n) is 2.96. The molecule has 1 aliphatic rings. The highest BCUT2D eigenvalue weighted by Gasteiger charge is 2.31. The van der Waals surface area contributed by atoms with E-state index in [1.54, 1.807) is 0 Å². The Morgan fingerprint density at radius 2 is 1.94 bits per heavy atom. The first-order chi connectivity index (χ1) is 7.86. The molecular formula is C15H23N. The van der Waals surface area contributed by atoms with Gasteiger partial charge in [0.25, 0.3) is 0 Å². The Hall–Kier alpha value is -0.820. The molecule has 2 rings (SSSR count). The van der Waals surface area contributed by atoms with Crippen molar-refractivity contribution in [2.24, 2.45) is 5.92 Å². The monoisotopic (exact) mass is 217 g/mol. The number of likely N-dealkylation sites (N-methyl/N-ethyl adjacent to an activating group) is 1. The van der Waals surface area contributed by atoms with Crippen LogP contribution in [0.25, 0.3) is 0 Å². The second-order valence-electron chi connectivity index (χ2n) is 4.93. The third-order valence-corrected chi connectivity index (χ3v) is 4.09. The minimum atomic E-state index is 0.668. The molecule has 88 valence electrons. The Morgan fingerprint density at radius 1 is 1.25 bits per heavy atom. The van der Waals surface area contributed by atoms with Gasteiger partial charge in [-0.05, 0) is 43.7 Å². The summed E-state index contributed by atoms with van der Waals surface area (Å²) in [5.41, 5.74) is 1.50. The Bertz CT molecular complexity index is 302. The van der Waals surface area contributed by atoms with Crippen LogP contribution in [0.15, 0.2) is 30.3 Å². The summed E-state index contributed by atoms with van der Waals surface area (Å²) in [7, 11) is 2.12. The number of nitrogens with one attached hydrogen (secondary N) is 1. The van der Waals surface area contributed by atoms with E-state index in [2.05, 4.69) is 49.6 Å². The molecule has 0 radical (unpaired) electrons. The highest BCUT2D eigenvalue weighted by Crippen LogP contribution is 2.37. The Labute approximate surface area is 99.3 Å². The molecule has 1 aromatic rings. The number of benzene rings is 1. The summed E-state index contributed by atoms with van der Waals surface area (Å²) in [6, 6.07) is 11.6. The first-order valence-corrected chi connectivity index (χ1v) is 6.59. The summed E-state index contributed by atoms with van der Waals surface area (Å²) in [6.07, 6.45) is 5.48. The van der Waals surface area contributed by atoms with Crippen molar-refractivity contribution in [2.75, 3.05) is 7.05 Å². The average Bonchev–Trinajstić information content (AvgIpc) is 2.27.